The monoisotopic (exact) mass is 274 g/mol. The molecular formula is C18H26O2. The minimum Gasteiger partial charge on any atom is -0.426 e. The number of ether oxygens (including phenoxy) is 1. The molecule has 0 saturated carbocycles. The molecule has 1 aliphatic rings. The van der Waals surface area contributed by atoms with Gasteiger partial charge in [0.1, 0.15) is 5.75 Å². The molecule has 1 aromatic carbocycles. The second-order valence-corrected chi connectivity index (χ2v) is 8.37. The van der Waals surface area contributed by atoms with Crippen LogP contribution in [-0.4, -0.2) is 5.97 Å². The average molecular weight is 274 g/mol. The largest absolute Gasteiger partial charge is 0.426 e. The predicted molar refractivity (Wildman–Crippen MR) is 82.1 cm³/mol. The molecule has 0 aromatic heterocycles. The standard InChI is InChI=1S/C18H26O2/c1-17(2,3)10-12-7-13-9-15(19)20-16(13)14(8-12)11-18(4,5)6/h7-8H,9-11H2,1-6H3. The predicted octanol–water partition coefficient (Wildman–Crippen LogP) is 4.33. The highest BCUT2D eigenvalue weighted by Crippen LogP contribution is 2.36. The Kier molecular flexibility index (Phi) is 3.70. The summed E-state index contributed by atoms with van der Waals surface area (Å²) in [5, 5.41) is 0. The summed E-state index contributed by atoms with van der Waals surface area (Å²) in [6.45, 7) is 13.4. The number of hydrogen-bond acceptors (Lipinski definition) is 2. The van der Waals surface area contributed by atoms with Crippen LogP contribution in [0.3, 0.4) is 0 Å². The Labute approximate surface area is 122 Å². The van der Waals surface area contributed by atoms with Crippen molar-refractivity contribution >= 4 is 5.97 Å². The van der Waals surface area contributed by atoms with Crippen molar-refractivity contribution in [3.8, 4) is 5.75 Å². The molecule has 2 rings (SSSR count). The molecule has 0 spiro atoms. The fraction of sp³-hybridized carbons (Fsp3) is 0.611. The number of rotatable bonds is 2. The number of hydrogen-bond donors (Lipinski definition) is 0. The van der Waals surface area contributed by atoms with Gasteiger partial charge in [-0.2, -0.15) is 0 Å². The van der Waals surface area contributed by atoms with Gasteiger partial charge in [0.15, 0.2) is 0 Å². The first-order valence-electron chi connectivity index (χ1n) is 7.39. The summed E-state index contributed by atoms with van der Waals surface area (Å²) < 4.78 is 5.43. The highest BCUT2D eigenvalue weighted by molar-refractivity contribution is 5.82. The van der Waals surface area contributed by atoms with Gasteiger partial charge in [-0.15, -0.1) is 0 Å². The van der Waals surface area contributed by atoms with Crippen LogP contribution in [0, 0.1) is 10.8 Å². The Bertz CT molecular complexity index is 528. The molecule has 1 heterocycles. The van der Waals surface area contributed by atoms with Crippen molar-refractivity contribution in [2.75, 3.05) is 0 Å². The van der Waals surface area contributed by atoms with Gasteiger partial charge in [0.2, 0.25) is 0 Å². The van der Waals surface area contributed by atoms with Gasteiger partial charge in [0, 0.05) is 5.56 Å². The highest BCUT2D eigenvalue weighted by Gasteiger charge is 2.27. The molecule has 0 unspecified atom stereocenters. The minimum absolute atomic E-state index is 0.122. The molecule has 0 saturated heterocycles. The van der Waals surface area contributed by atoms with E-state index in [0.717, 1.165) is 24.2 Å². The number of benzene rings is 1. The molecule has 0 atom stereocenters. The molecule has 0 radical (unpaired) electrons. The summed E-state index contributed by atoms with van der Waals surface area (Å²) in [7, 11) is 0. The average Bonchev–Trinajstić information content (AvgIpc) is 2.53. The molecule has 1 aromatic rings. The zero-order valence-electron chi connectivity index (χ0n) is 13.6. The van der Waals surface area contributed by atoms with E-state index in [0.29, 0.717) is 6.42 Å². The third kappa shape index (κ3) is 3.84. The second kappa shape index (κ2) is 4.91. The summed E-state index contributed by atoms with van der Waals surface area (Å²) in [5.74, 6) is 0.700. The van der Waals surface area contributed by atoms with Gasteiger partial charge in [0.25, 0.3) is 0 Å². The van der Waals surface area contributed by atoms with E-state index in [1.807, 2.05) is 0 Å². The van der Waals surface area contributed by atoms with Crippen molar-refractivity contribution in [3.63, 3.8) is 0 Å². The maximum Gasteiger partial charge on any atom is 0.315 e. The lowest BCUT2D eigenvalue weighted by molar-refractivity contribution is -0.131. The third-order valence-corrected chi connectivity index (χ3v) is 3.31. The van der Waals surface area contributed by atoms with Crippen molar-refractivity contribution < 1.29 is 9.53 Å². The van der Waals surface area contributed by atoms with Crippen LogP contribution in [0.2, 0.25) is 0 Å². The van der Waals surface area contributed by atoms with Crippen LogP contribution in [0.15, 0.2) is 12.1 Å². The zero-order chi connectivity index (χ0) is 15.1. The lowest BCUT2D eigenvalue weighted by atomic mass is 9.83. The van der Waals surface area contributed by atoms with Crippen LogP contribution < -0.4 is 4.74 Å². The van der Waals surface area contributed by atoms with Gasteiger partial charge in [-0.05, 0) is 34.8 Å². The van der Waals surface area contributed by atoms with Crippen LogP contribution in [0.5, 0.6) is 5.75 Å². The SMILES string of the molecule is CC(C)(C)Cc1cc2c(c(CC(C)(C)C)c1)OC(=O)C2. The molecule has 0 bridgehead atoms. The quantitative estimate of drug-likeness (QED) is 0.593. The summed E-state index contributed by atoms with van der Waals surface area (Å²) in [5.41, 5.74) is 3.99. The van der Waals surface area contributed by atoms with Crippen LogP contribution >= 0.6 is 0 Å². The van der Waals surface area contributed by atoms with Crippen LogP contribution in [-0.2, 0) is 24.1 Å². The Morgan fingerprint density at radius 3 is 2.15 bits per heavy atom. The molecule has 1 aliphatic heterocycles. The van der Waals surface area contributed by atoms with Gasteiger partial charge in [-0.25, -0.2) is 0 Å². The summed E-state index contributed by atoms with van der Waals surface area (Å²) in [6, 6.07) is 4.38. The number of fused-ring (bicyclic) bond motifs is 1. The van der Waals surface area contributed by atoms with E-state index in [4.69, 9.17) is 4.74 Å². The second-order valence-electron chi connectivity index (χ2n) is 8.37. The topological polar surface area (TPSA) is 26.3 Å². The fourth-order valence-electron chi connectivity index (χ4n) is 2.81. The van der Waals surface area contributed by atoms with Crippen molar-refractivity contribution in [1.82, 2.24) is 0 Å². The summed E-state index contributed by atoms with van der Waals surface area (Å²) in [6.07, 6.45) is 2.37. The zero-order valence-corrected chi connectivity index (χ0v) is 13.6. The lowest BCUT2D eigenvalue weighted by Crippen LogP contribution is -2.13. The summed E-state index contributed by atoms with van der Waals surface area (Å²) >= 11 is 0. The van der Waals surface area contributed by atoms with Gasteiger partial charge < -0.3 is 4.74 Å². The van der Waals surface area contributed by atoms with Crippen molar-refractivity contribution in [2.24, 2.45) is 10.8 Å². The van der Waals surface area contributed by atoms with Crippen molar-refractivity contribution in [1.29, 1.82) is 0 Å². The normalized spacial score (nSPS) is 15.2. The fourth-order valence-corrected chi connectivity index (χ4v) is 2.81. The van der Waals surface area contributed by atoms with Gasteiger partial charge in [-0.3, -0.25) is 4.79 Å². The number of carbonyl (C=O) groups is 1. The summed E-state index contributed by atoms with van der Waals surface area (Å²) in [4.78, 5) is 11.6. The highest BCUT2D eigenvalue weighted by atomic mass is 16.5. The lowest BCUT2D eigenvalue weighted by Gasteiger charge is -2.22. The molecule has 2 nitrogen and oxygen atoms in total. The van der Waals surface area contributed by atoms with Gasteiger partial charge in [0.05, 0.1) is 6.42 Å². The molecule has 110 valence electrons. The third-order valence-electron chi connectivity index (χ3n) is 3.31. The van der Waals surface area contributed by atoms with Gasteiger partial charge in [-0.1, -0.05) is 53.7 Å². The first-order chi connectivity index (χ1) is 9.03. The molecule has 2 heteroatoms. The number of esters is 1. The van der Waals surface area contributed by atoms with E-state index >= 15 is 0 Å². The molecule has 20 heavy (non-hydrogen) atoms. The maximum atomic E-state index is 11.6. The van der Waals surface area contributed by atoms with E-state index in [1.165, 1.54) is 11.1 Å². The van der Waals surface area contributed by atoms with Crippen LogP contribution in [0.25, 0.3) is 0 Å². The van der Waals surface area contributed by atoms with E-state index in [1.54, 1.807) is 0 Å². The minimum atomic E-state index is -0.122. The first kappa shape index (κ1) is 15.1. The Hall–Kier alpha value is -1.31. The molecule has 0 aliphatic carbocycles. The Morgan fingerprint density at radius 2 is 1.60 bits per heavy atom. The van der Waals surface area contributed by atoms with E-state index in [-0.39, 0.29) is 16.8 Å². The molecule has 0 fully saturated rings. The van der Waals surface area contributed by atoms with Crippen LogP contribution in [0.4, 0.5) is 0 Å². The molecular weight excluding hydrogens is 248 g/mol. The van der Waals surface area contributed by atoms with Crippen molar-refractivity contribution in [3.05, 3.63) is 28.8 Å². The smallest absolute Gasteiger partial charge is 0.315 e. The maximum absolute atomic E-state index is 11.6. The Balaban J connectivity index is 2.41. The van der Waals surface area contributed by atoms with E-state index in [2.05, 4.69) is 53.7 Å². The molecule has 0 amide bonds. The Morgan fingerprint density at radius 1 is 1.00 bits per heavy atom. The van der Waals surface area contributed by atoms with E-state index in [9.17, 15) is 4.79 Å². The first-order valence-corrected chi connectivity index (χ1v) is 7.39. The van der Waals surface area contributed by atoms with Crippen LogP contribution in [0.1, 0.15) is 58.2 Å². The number of carbonyl (C=O) groups excluding carboxylic acids is 1. The van der Waals surface area contributed by atoms with E-state index < -0.39 is 0 Å². The molecule has 0 N–H and O–H groups in total. The van der Waals surface area contributed by atoms with Gasteiger partial charge >= 0.3 is 5.97 Å². The van der Waals surface area contributed by atoms with Crippen molar-refractivity contribution in [2.45, 2.75) is 60.8 Å².